The van der Waals surface area contributed by atoms with Crippen LogP contribution >= 0.6 is 23.2 Å². The van der Waals surface area contributed by atoms with Crippen LogP contribution in [0.25, 0.3) is 0 Å². The number of carbonyl (C=O) groups is 1. The van der Waals surface area contributed by atoms with Gasteiger partial charge in [0.05, 0.1) is 11.5 Å². The van der Waals surface area contributed by atoms with Crippen molar-refractivity contribution >= 4 is 29.1 Å². The molecule has 2 aliphatic carbocycles. The molecule has 0 bridgehead atoms. The number of rotatable bonds is 4. The summed E-state index contributed by atoms with van der Waals surface area (Å²) in [5.74, 6) is 1.89. The zero-order valence-corrected chi connectivity index (χ0v) is 14.4. The third-order valence-corrected chi connectivity index (χ3v) is 6.17. The van der Waals surface area contributed by atoms with Crippen LogP contribution in [-0.4, -0.2) is 23.5 Å². The zero-order valence-electron chi connectivity index (χ0n) is 12.9. The maximum Gasteiger partial charge on any atom is 0.229 e. The van der Waals surface area contributed by atoms with E-state index in [9.17, 15) is 4.79 Å². The van der Waals surface area contributed by atoms with Crippen LogP contribution in [0.1, 0.15) is 37.8 Å². The van der Waals surface area contributed by atoms with E-state index in [1.165, 1.54) is 0 Å². The number of halogens is 2. The predicted molar refractivity (Wildman–Crippen MR) is 88.2 cm³/mol. The molecule has 4 nitrogen and oxygen atoms in total. The van der Waals surface area contributed by atoms with E-state index in [0.717, 1.165) is 29.9 Å². The van der Waals surface area contributed by atoms with Gasteiger partial charge >= 0.3 is 0 Å². The van der Waals surface area contributed by atoms with Gasteiger partial charge in [0.15, 0.2) is 11.5 Å². The molecule has 23 heavy (non-hydrogen) atoms. The monoisotopic (exact) mass is 355 g/mol. The molecular weight excluding hydrogens is 337 g/mol. The lowest BCUT2D eigenvalue weighted by atomic mass is 9.99. The maximum atomic E-state index is 12.6. The molecule has 1 aromatic rings. The van der Waals surface area contributed by atoms with Gasteiger partial charge in [0.1, 0.15) is 17.5 Å². The average molecular weight is 356 g/mol. The zero-order chi connectivity index (χ0) is 16.2. The highest BCUT2D eigenvalue weighted by Gasteiger charge is 2.68. The second-order valence-corrected chi connectivity index (χ2v) is 8.39. The summed E-state index contributed by atoms with van der Waals surface area (Å²) in [6, 6.07) is 5.86. The Balaban J connectivity index is 1.56. The Bertz CT molecular complexity index is 659. The van der Waals surface area contributed by atoms with Crippen molar-refractivity contribution in [1.29, 1.82) is 0 Å². The summed E-state index contributed by atoms with van der Waals surface area (Å²) in [5.41, 5.74) is 0.348. The fraction of sp³-hybridized carbons (Fsp3) is 0.588. The fourth-order valence-electron chi connectivity index (χ4n) is 3.10. The molecule has 1 amide bonds. The number of hydrogen-bond acceptors (Lipinski definition) is 3. The number of hydrogen-bond donors (Lipinski definition) is 1. The van der Waals surface area contributed by atoms with E-state index in [1.807, 2.05) is 25.1 Å². The Morgan fingerprint density at radius 1 is 1.26 bits per heavy atom. The Hall–Kier alpha value is -1.13. The first-order valence-electron chi connectivity index (χ1n) is 7.99. The SMILES string of the molecule is C[C@@]1(C(=O)N[C@@H](c2ccc3c(c2)OCCO3)C2CC2)CC1(Cl)Cl. The van der Waals surface area contributed by atoms with Crippen molar-refractivity contribution < 1.29 is 14.3 Å². The largest absolute Gasteiger partial charge is 0.486 e. The molecule has 1 aromatic carbocycles. The van der Waals surface area contributed by atoms with Gasteiger partial charge in [0, 0.05) is 0 Å². The Kier molecular flexibility index (Phi) is 3.47. The van der Waals surface area contributed by atoms with Gasteiger partial charge in [-0.1, -0.05) is 6.07 Å². The first-order valence-corrected chi connectivity index (χ1v) is 8.75. The Morgan fingerprint density at radius 3 is 2.52 bits per heavy atom. The van der Waals surface area contributed by atoms with Gasteiger partial charge in [-0.05, 0) is 49.8 Å². The Labute approximate surface area is 145 Å². The van der Waals surface area contributed by atoms with Crippen molar-refractivity contribution in [3.63, 3.8) is 0 Å². The fourth-order valence-corrected chi connectivity index (χ4v) is 3.81. The molecule has 2 saturated carbocycles. The minimum absolute atomic E-state index is 0.0279. The summed E-state index contributed by atoms with van der Waals surface area (Å²) < 4.78 is 10.3. The molecule has 6 heteroatoms. The van der Waals surface area contributed by atoms with Crippen molar-refractivity contribution in [2.75, 3.05) is 13.2 Å². The lowest BCUT2D eigenvalue weighted by Gasteiger charge is -2.24. The summed E-state index contributed by atoms with van der Waals surface area (Å²) >= 11 is 12.3. The van der Waals surface area contributed by atoms with Crippen LogP contribution in [-0.2, 0) is 4.79 Å². The molecule has 2 fully saturated rings. The molecular formula is C17H19Cl2NO3. The van der Waals surface area contributed by atoms with E-state index < -0.39 is 9.75 Å². The van der Waals surface area contributed by atoms with Gasteiger partial charge in [-0.15, -0.1) is 23.2 Å². The quantitative estimate of drug-likeness (QED) is 0.839. The third-order valence-electron chi connectivity index (χ3n) is 5.06. The van der Waals surface area contributed by atoms with Crippen LogP contribution in [0.4, 0.5) is 0 Å². The highest BCUT2D eigenvalue weighted by molar-refractivity contribution is 6.53. The van der Waals surface area contributed by atoms with Crippen molar-refractivity contribution in [1.82, 2.24) is 5.32 Å². The number of fused-ring (bicyclic) bond motifs is 1. The van der Waals surface area contributed by atoms with Crippen LogP contribution in [0, 0.1) is 11.3 Å². The number of amides is 1. The Morgan fingerprint density at radius 2 is 1.91 bits per heavy atom. The van der Waals surface area contributed by atoms with E-state index in [4.69, 9.17) is 32.7 Å². The van der Waals surface area contributed by atoms with Crippen molar-refractivity contribution in [3.8, 4) is 11.5 Å². The van der Waals surface area contributed by atoms with Crippen LogP contribution < -0.4 is 14.8 Å². The number of nitrogens with one attached hydrogen (secondary N) is 1. The molecule has 0 saturated heterocycles. The average Bonchev–Trinajstić information content (AvgIpc) is 3.43. The molecule has 2 atom stereocenters. The van der Waals surface area contributed by atoms with Gasteiger partial charge in [-0.3, -0.25) is 4.79 Å². The van der Waals surface area contributed by atoms with E-state index in [-0.39, 0.29) is 11.9 Å². The van der Waals surface area contributed by atoms with Crippen molar-refractivity contribution in [2.24, 2.45) is 11.3 Å². The van der Waals surface area contributed by atoms with E-state index in [0.29, 0.717) is 25.6 Å². The second-order valence-electron chi connectivity index (χ2n) is 6.90. The number of carbonyl (C=O) groups excluding carboxylic acids is 1. The third kappa shape index (κ3) is 2.66. The van der Waals surface area contributed by atoms with E-state index >= 15 is 0 Å². The van der Waals surface area contributed by atoms with Crippen LogP contribution in [0.3, 0.4) is 0 Å². The molecule has 4 rings (SSSR count). The number of alkyl halides is 2. The summed E-state index contributed by atoms with van der Waals surface area (Å²) in [5, 5.41) is 3.16. The van der Waals surface area contributed by atoms with Gasteiger partial charge in [0.2, 0.25) is 5.91 Å². The van der Waals surface area contributed by atoms with Gasteiger partial charge in [-0.2, -0.15) is 0 Å². The van der Waals surface area contributed by atoms with Crippen LogP contribution in [0.2, 0.25) is 0 Å². The van der Waals surface area contributed by atoms with Crippen LogP contribution in [0.15, 0.2) is 18.2 Å². The standard InChI is InChI=1S/C17H19Cl2NO3/c1-16(9-17(16,18)19)15(21)20-14(10-2-3-10)11-4-5-12-13(8-11)23-7-6-22-12/h4-5,8,10,14H,2-3,6-7,9H2,1H3,(H,20,21)/t14-,16+/m1/s1. The molecule has 1 aliphatic heterocycles. The molecule has 0 aromatic heterocycles. The summed E-state index contributed by atoms with van der Waals surface area (Å²) in [7, 11) is 0. The maximum absolute atomic E-state index is 12.6. The topological polar surface area (TPSA) is 47.6 Å². The van der Waals surface area contributed by atoms with Crippen molar-refractivity contribution in [2.45, 2.75) is 36.6 Å². The minimum atomic E-state index is -0.946. The second kappa shape index (κ2) is 5.18. The van der Waals surface area contributed by atoms with Gasteiger partial charge < -0.3 is 14.8 Å². The normalized spacial score (nSPS) is 28.8. The summed E-state index contributed by atoms with van der Waals surface area (Å²) in [6.45, 7) is 2.94. The number of ether oxygens (including phenoxy) is 2. The lowest BCUT2D eigenvalue weighted by Crippen LogP contribution is -2.37. The van der Waals surface area contributed by atoms with Crippen LogP contribution in [0.5, 0.6) is 11.5 Å². The van der Waals surface area contributed by atoms with E-state index in [1.54, 1.807) is 0 Å². The van der Waals surface area contributed by atoms with E-state index in [2.05, 4.69) is 5.32 Å². The molecule has 0 unspecified atom stereocenters. The summed E-state index contributed by atoms with van der Waals surface area (Å²) in [4.78, 5) is 12.6. The number of benzene rings is 1. The molecule has 0 radical (unpaired) electrons. The first kappa shape index (κ1) is 15.4. The van der Waals surface area contributed by atoms with Crippen molar-refractivity contribution in [3.05, 3.63) is 23.8 Å². The molecule has 3 aliphatic rings. The summed E-state index contributed by atoms with van der Waals surface area (Å²) in [6.07, 6.45) is 2.72. The predicted octanol–water partition coefficient (Wildman–Crippen LogP) is 3.61. The first-order chi connectivity index (χ1) is 10.9. The smallest absolute Gasteiger partial charge is 0.229 e. The van der Waals surface area contributed by atoms with Gasteiger partial charge in [-0.25, -0.2) is 0 Å². The highest BCUT2D eigenvalue weighted by Crippen LogP contribution is 2.64. The highest BCUT2D eigenvalue weighted by atomic mass is 35.5. The molecule has 1 heterocycles. The minimum Gasteiger partial charge on any atom is -0.486 e. The molecule has 1 N–H and O–H groups in total. The molecule has 124 valence electrons. The van der Waals surface area contributed by atoms with Gasteiger partial charge in [0.25, 0.3) is 0 Å². The lowest BCUT2D eigenvalue weighted by molar-refractivity contribution is -0.126. The molecule has 0 spiro atoms.